The highest BCUT2D eigenvalue weighted by Gasteiger charge is 2.34. The van der Waals surface area contributed by atoms with E-state index in [0.29, 0.717) is 29.0 Å². The van der Waals surface area contributed by atoms with E-state index in [0.717, 1.165) is 0 Å². The lowest BCUT2D eigenvalue weighted by Crippen LogP contribution is -2.38. The first-order valence-corrected chi connectivity index (χ1v) is 6.15. The minimum Gasteiger partial charge on any atom is -0.390 e. The Bertz CT molecular complexity index is 414. The van der Waals surface area contributed by atoms with Crippen molar-refractivity contribution in [1.82, 2.24) is 9.88 Å². The van der Waals surface area contributed by atoms with Crippen LogP contribution < -0.4 is 4.90 Å². The first-order chi connectivity index (χ1) is 7.99. The number of nitrogens with zero attached hydrogens (tertiary/aromatic N) is 3. The number of hydrogen-bond acceptors (Lipinski definition) is 4. The van der Waals surface area contributed by atoms with E-state index in [-0.39, 0.29) is 6.04 Å². The maximum atomic E-state index is 9.96. The molecule has 0 aromatic carbocycles. The van der Waals surface area contributed by atoms with Gasteiger partial charge in [0.15, 0.2) is 0 Å². The molecule has 2 atom stereocenters. The Balaban J connectivity index is 2.19. The summed E-state index contributed by atoms with van der Waals surface area (Å²) < 4.78 is 0. The molecule has 0 saturated carbocycles. The van der Waals surface area contributed by atoms with Crippen molar-refractivity contribution in [1.29, 1.82) is 0 Å². The molecule has 1 aliphatic rings. The van der Waals surface area contributed by atoms with Crippen LogP contribution >= 0.6 is 23.2 Å². The molecule has 2 rings (SSSR count). The standard InChI is InChI=1S/C11H15Cl2N3O/c1-15(2)9-5-16(6-10(9)17)11-8(13)3-7(12)4-14-11/h3-4,9-10,17H,5-6H2,1-2H3/t9-,10-/m0/s1. The summed E-state index contributed by atoms with van der Waals surface area (Å²) in [4.78, 5) is 8.21. The summed E-state index contributed by atoms with van der Waals surface area (Å²) in [5.74, 6) is 0.680. The van der Waals surface area contributed by atoms with Crippen LogP contribution in [-0.2, 0) is 0 Å². The molecule has 0 spiro atoms. The summed E-state index contributed by atoms with van der Waals surface area (Å²) in [6.45, 7) is 1.25. The van der Waals surface area contributed by atoms with Gasteiger partial charge in [-0.05, 0) is 20.2 Å². The second-order valence-electron chi connectivity index (χ2n) is 4.46. The van der Waals surface area contributed by atoms with E-state index in [4.69, 9.17) is 23.2 Å². The van der Waals surface area contributed by atoms with E-state index < -0.39 is 6.10 Å². The van der Waals surface area contributed by atoms with E-state index in [1.807, 2.05) is 23.9 Å². The highest BCUT2D eigenvalue weighted by atomic mass is 35.5. The van der Waals surface area contributed by atoms with Crippen molar-refractivity contribution < 1.29 is 5.11 Å². The van der Waals surface area contributed by atoms with Gasteiger partial charge in [-0.25, -0.2) is 4.98 Å². The van der Waals surface area contributed by atoms with Crippen molar-refractivity contribution in [3.8, 4) is 0 Å². The molecule has 1 aromatic rings. The fraction of sp³-hybridized carbons (Fsp3) is 0.545. The first-order valence-electron chi connectivity index (χ1n) is 5.39. The molecule has 94 valence electrons. The quantitative estimate of drug-likeness (QED) is 0.888. The smallest absolute Gasteiger partial charge is 0.147 e. The third-order valence-electron chi connectivity index (χ3n) is 3.01. The second-order valence-corrected chi connectivity index (χ2v) is 5.31. The number of aromatic nitrogens is 1. The highest BCUT2D eigenvalue weighted by Crippen LogP contribution is 2.29. The third kappa shape index (κ3) is 2.65. The highest BCUT2D eigenvalue weighted by molar-refractivity contribution is 6.36. The Kier molecular flexibility index (Phi) is 3.78. The van der Waals surface area contributed by atoms with Gasteiger partial charge in [-0.1, -0.05) is 23.2 Å². The van der Waals surface area contributed by atoms with Crippen molar-refractivity contribution in [2.75, 3.05) is 32.1 Å². The summed E-state index contributed by atoms with van der Waals surface area (Å²) in [6, 6.07) is 1.77. The van der Waals surface area contributed by atoms with Crippen LogP contribution in [0.4, 0.5) is 5.82 Å². The number of likely N-dealkylation sites (N-methyl/N-ethyl adjacent to an activating group) is 1. The predicted molar refractivity (Wildman–Crippen MR) is 70.0 cm³/mol. The average molecular weight is 276 g/mol. The number of β-amino-alcohol motifs (C(OH)–C–C–N with tert-alkyl or cyclic N) is 1. The van der Waals surface area contributed by atoms with Gasteiger partial charge in [-0.3, -0.25) is 0 Å². The van der Waals surface area contributed by atoms with Gasteiger partial charge >= 0.3 is 0 Å². The van der Waals surface area contributed by atoms with Crippen LogP contribution in [0.25, 0.3) is 0 Å². The van der Waals surface area contributed by atoms with Crippen LogP contribution in [0.2, 0.25) is 10.0 Å². The number of aliphatic hydroxyl groups is 1. The summed E-state index contributed by atoms with van der Waals surface area (Å²) in [5.41, 5.74) is 0. The van der Waals surface area contributed by atoms with Gasteiger partial charge in [0.05, 0.1) is 22.2 Å². The number of rotatable bonds is 2. The van der Waals surface area contributed by atoms with Crippen molar-refractivity contribution in [3.63, 3.8) is 0 Å². The fourth-order valence-electron chi connectivity index (χ4n) is 2.09. The monoisotopic (exact) mass is 275 g/mol. The molecule has 0 amide bonds. The normalized spacial score (nSPS) is 24.7. The Labute approximate surface area is 111 Å². The summed E-state index contributed by atoms with van der Waals surface area (Å²) in [7, 11) is 3.91. The van der Waals surface area contributed by atoms with Crippen LogP contribution in [-0.4, -0.2) is 54.3 Å². The fourth-order valence-corrected chi connectivity index (χ4v) is 2.59. The van der Waals surface area contributed by atoms with E-state index in [1.54, 1.807) is 12.3 Å². The molecule has 1 saturated heterocycles. The number of anilines is 1. The Morgan fingerprint density at radius 1 is 1.41 bits per heavy atom. The lowest BCUT2D eigenvalue weighted by molar-refractivity contribution is 0.114. The van der Waals surface area contributed by atoms with Crippen LogP contribution in [0.1, 0.15) is 0 Å². The zero-order valence-corrected chi connectivity index (χ0v) is 11.3. The molecular formula is C11H15Cl2N3O. The minimum atomic E-state index is -0.390. The molecule has 1 fully saturated rings. The minimum absolute atomic E-state index is 0.101. The lowest BCUT2D eigenvalue weighted by Gasteiger charge is -2.22. The number of aliphatic hydroxyl groups excluding tert-OH is 1. The van der Waals surface area contributed by atoms with Crippen LogP contribution in [0.15, 0.2) is 12.3 Å². The van der Waals surface area contributed by atoms with Crippen LogP contribution in [0.3, 0.4) is 0 Å². The predicted octanol–water partition coefficient (Wildman–Crippen LogP) is 1.50. The van der Waals surface area contributed by atoms with Crippen molar-refractivity contribution in [2.24, 2.45) is 0 Å². The molecule has 6 heteroatoms. The molecule has 2 heterocycles. The number of pyridine rings is 1. The van der Waals surface area contributed by atoms with E-state index in [2.05, 4.69) is 4.98 Å². The van der Waals surface area contributed by atoms with Gasteiger partial charge in [0.25, 0.3) is 0 Å². The van der Waals surface area contributed by atoms with E-state index in [9.17, 15) is 5.11 Å². The molecule has 1 aliphatic heterocycles. The van der Waals surface area contributed by atoms with Crippen molar-refractivity contribution >= 4 is 29.0 Å². The molecule has 0 radical (unpaired) electrons. The van der Waals surface area contributed by atoms with Gasteiger partial charge in [-0.15, -0.1) is 0 Å². The summed E-state index contributed by atoms with van der Waals surface area (Å²) >= 11 is 11.9. The summed E-state index contributed by atoms with van der Waals surface area (Å²) in [6.07, 6.45) is 1.18. The van der Waals surface area contributed by atoms with Gasteiger partial charge in [0.1, 0.15) is 5.82 Å². The molecule has 0 aliphatic carbocycles. The largest absolute Gasteiger partial charge is 0.390 e. The van der Waals surface area contributed by atoms with Gasteiger partial charge in [-0.2, -0.15) is 0 Å². The average Bonchev–Trinajstić information content (AvgIpc) is 2.60. The zero-order valence-electron chi connectivity index (χ0n) is 9.77. The molecular weight excluding hydrogens is 261 g/mol. The second kappa shape index (κ2) is 4.98. The van der Waals surface area contributed by atoms with Crippen LogP contribution in [0, 0.1) is 0 Å². The molecule has 1 aromatic heterocycles. The van der Waals surface area contributed by atoms with Crippen LogP contribution in [0.5, 0.6) is 0 Å². The third-order valence-corrected chi connectivity index (χ3v) is 3.50. The Morgan fingerprint density at radius 3 is 2.65 bits per heavy atom. The molecule has 0 unspecified atom stereocenters. The topological polar surface area (TPSA) is 39.6 Å². The zero-order chi connectivity index (χ0) is 12.6. The molecule has 0 bridgehead atoms. The summed E-state index contributed by atoms with van der Waals surface area (Å²) in [5, 5.41) is 11.0. The van der Waals surface area contributed by atoms with Gasteiger partial charge in [0, 0.05) is 19.3 Å². The molecule has 17 heavy (non-hydrogen) atoms. The van der Waals surface area contributed by atoms with E-state index in [1.165, 1.54) is 0 Å². The van der Waals surface area contributed by atoms with Crippen molar-refractivity contribution in [2.45, 2.75) is 12.1 Å². The maximum Gasteiger partial charge on any atom is 0.147 e. The first kappa shape index (κ1) is 12.9. The molecule has 4 nitrogen and oxygen atoms in total. The Hall–Kier alpha value is -0.550. The SMILES string of the molecule is CN(C)[C@H]1CN(c2ncc(Cl)cc2Cl)C[C@@H]1O. The Morgan fingerprint density at radius 2 is 2.12 bits per heavy atom. The molecule has 1 N–H and O–H groups in total. The maximum absolute atomic E-state index is 9.96. The lowest BCUT2D eigenvalue weighted by atomic mass is 10.2. The number of halogens is 2. The van der Waals surface area contributed by atoms with Gasteiger partial charge < -0.3 is 14.9 Å². The van der Waals surface area contributed by atoms with Gasteiger partial charge in [0.2, 0.25) is 0 Å². The number of hydrogen-bond donors (Lipinski definition) is 1. The van der Waals surface area contributed by atoms with E-state index >= 15 is 0 Å². The van der Waals surface area contributed by atoms with Crippen molar-refractivity contribution in [3.05, 3.63) is 22.3 Å².